The minimum atomic E-state index is -4.11. The molecular weight excluding hydrogens is 214 g/mol. The molecule has 0 saturated heterocycles. The molecule has 0 unspecified atom stereocenters. The van der Waals surface area contributed by atoms with E-state index in [9.17, 15) is 8.42 Å². The Bertz CT molecular complexity index is 598. The lowest BCUT2D eigenvalue weighted by atomic mass is 10.2. The zero-order valence-electron chi connectivity index (χ0n) is 8.19. The van der Waals surface area contributed by atoms with Gasteiger partial charge < -0.3 is 4.98 Å². The summed E-state index contributed by atoms with van der Waals surface area (Å²) in [6.45, 7) is 2.01. The first-order chi connectivity index (χ1) is 7.00. The van der Waals surface area contributed by atoms with E-state index < -0.39 is 10.1 Å². The molecule has 1 aromatic carbocycles. The molecule has 0 fully saturated rings. The van der Waals surface area contributed by atoms with Crippen molar-refractivity contribution < 1.29 is 13.0 Å². The number of H-pyrrole nitrogens is 1. The quantitative estimate of drug-likeness (QED) is 0.768. The molecule has 1 heterocycles. The summed E-state index contributed by atoms with van der Waals surface area (Å²) in [5.41, 5.74) is 1.91. The molecule has 0 amide bonds. The molecule has 0 atom stereocenters. The third kappa shape index (κ3) is 1.88. The predicted octanol–water partition coefficient (Wildman–Crippen LogP) is 1.98. The molecule has 2 N–H and O–H groups in total. The second-order valence-corrected chi connectivity index (χ2v) is 4.79. The number of hydrogen-bond acceptors (Lipinski definition) is 2. The van der Waals surface area contributed by atoms with E-state index in [0.717, 1.165) is 23.0 Å². The topological polar surface area (TPSA) is 70.2 Å². The van der Waals surface area contributed by atoms with Crippen molar-refractivity contribution in [1.29, 1.82) is 0 Å². The number of fused-ring (bicyclic) bond motifs is 1. The Kier molecular flexibility index (Phi) is 2.28. The molecule has 1 aromatic heterocycles. The van der Waals surface area contributed by atoms with Crippen LogP contribution in [0.15, 0.2) is 29.2 Å². The van der Waals surface area contributed by atoms with Crippen LogP contribution in [0.25, 0.3) is 10.9 Å². The van der Waals surface area contributed by atoms with Crippen LogP contribution in [0.2, 0.25) is 0 Å². The summed E-state index contributed by atoms with van der Waals surface area (Å²) in [7, 11) is -4.11. The Morgan fingerprint density at radius 2 is 2.07 bits per heavy atom. The summed E-state index contributed by atoms with van der Waals surface area (Å²) in [5.74, 6) is 0. The van der Waals surface area contributed by atoms with Gasteiger partial charge in [0.2, 0.25) is 0 Å². The highest BCUT2D eigenvalue weighted by atomic mass is 32.2. The molecule has 0 saturated carbocycles. The number of hydrogen-bond donors (Lipinski definition) is 2. The first-order valence-electron chi connectivity index (χ1n) is 4.60. The van der Waals surface area contributed by atoms with Gasteiger partial charge in [0.05, 0.1) is 4.90 Å². The van der Waals surface area contributed by atoms with E-state index in [0.29, 0.717) is 0 Å². The van der Waals surface area contributed by atoms with Crippen LogP contribution in [0.3, 0.4) is 0 Å². The zero-order chi connectivity index (χ0) is 11.1. The number of nitrogens with one attached hydrogen (secondary N) is 1. The Labute approximate surface area is 87.7 Å². The molecule has 5 heteroatoms. The lowest BCUT2D eigenvalue weighted by Crippen LogP contribution is -1.96. The van der Waals surface area contributed by atoms with Gasteiger partial charge in [-0.25, -0.2) is 0 Å². The summed E-state index contributed by atoms with van der Waals surface area (Å²) in [6, 6.07) is 6.37. The zero-order valence-corrected chi connectivity index (χ0v) is 9.00. The molecule has 0 aliphatic heterocycles. The van der Waals surface area contributed by atoms with Gasteiger partial charge in [0.15, 0.2) is 0 Å². The van der Waals surface area contributed by atoms with Gasteiger partial charge in [-0.15, -0.1) is 0 Å². The van der Waals surface area contributed by atoms with Gasteiger partial charge in [-0.1, -0.05) is 6.92 Å². The molecule has 2 aromatic rings. The first-order valence-corrected chi connectivity index (χ1v) is 6.04. The van der Waals surface area contributed by atoms with Crippen LogP contribution in [0, 0.1) is 0 Å². The summed E-state index contributed by atoms with van der Waals surface area (Å²) >= 11 is 0. The standard InChI is InChI=1S/C10H11NO3S/c1-2-8-5-7-6-9(15(12,13)14)3-4-10(7)11-8/h3-6,11H,2H2,1H3,(H,12,13,14). The van der Waals surface area contributed by atoms with E-state index >= 15 is 0 Å². The molecular formula is C10H11NO3S. The third-order valence-electron chi connectivity index (χ3n) is 2.33. The molecule has 80 valence electrons. The SMILES string of the molecule is CCc1cc2cc(S(=O)(=O)O)ccc2[nH]1. The molecule has 15 heavy (non-hydrogen) atoms. The first kappa shape index (κ1) is 10.2. The van der Waals surface area contributed by atoms with Crippen LogP contribution in [0.4, 0.5) is 0 Å². The van der Waals surface area contributed by atoms with Crippen LogP contribution < -0.4 is 0 Å². The molecule has 0 radical (unpaired) electrons. The Morgan fingerprint density at radius 1 is 1.33 bits per heavy atom. The molecule has 0 spiro atoms. The van der Waals surface area contributed by atoms with E-state index in [4.69, 9.17) is 4.55 Å². The number of rotatable bonds is 2. The fourth-order valence-corrected chi connectivity index (χ4v) is 2.04. The normalized spacial score (nSPS) is 12.1. The van der Waals surface area contributed by atoms with Gasteiger partial charge in [0.25, 0.3) is 10.1 Å². The van der Waals surface area contributed by atoms with Crippen molar-refractivity contribution in [1.82, 2.24) is 4.98 Å². The number of benzene rings is 1. The van der Waals surface area contributed by atoms with Crippen LogP contribution in [0.1, 0.15) is 12.6 Å². The minimum Gasteiger partial charge on any atom is -0.358 e. The molecule has 0 bridgehead atoms. The largest absolute Gasteiger partial charge is 0.358 e. The fourth-order valence-electron chi connectivity index (χ4n) is 1.52. The van der Waals surface area contributed by atoms with Gasteiger partial charge in [-0.3, -0.25) is 4.55 Å². The second kappa shape index (κ2) is 3.36. The van der Waals surface area contributed by atoms with Crippen LogP contribution in [-0.4, -0.2) is 18.0 Å². The highest BCUT2D eigenvalue weighted by molar-refractivity contribution is 7.85. The molecule has 0 aliphatic rings. The van der Waals surface area contributed by atoms with Crippen LogP contribution >= 0.6 is 0 Å². The monoisotopic (exact) mass is 225 g/mol. The summed E-state index contributed by atoms with van der Waals surface area (Å²) in [6.07, 6.45) is 0.857. The van der Waals surface area contributed by atoms with Gasteiger partial charge in [0.1, 0.15) is 0 Å². The van der Waals surface area contributed by atoms with Crippen molar-refractivity contribution in [3.63, 3.8) is 0 Å². The molecule has 0 aliphatic carbocycles. The summed E-state index contributed by atoms with van der Waals surface area (Å²) in [4.78, 5) is 3.07. The number of aromatic nitrogens is 1. The second-order valence-electron chi connectivity index (χ2n) is 3.37. The van der Waals surface area contributed by atoms with E-state index in [2.05, 4.69) is 4.98 Å². The third-order valence-corrected chi connectivity index (χ3v) is 3.18. The van der Waals surface area contributed by atoms with E-state index in [-0.39, 0.29) is 4.90 Å². The van der Waals surface area contributed by atoms with Crippen molar-refractivity contribution in [3.05, 3.63) is 30.0 Å². The Hall–Kier alpha value is -1.33. The maximum Gasteiger partial charge on any atom is 0.294 e. The van der Waals surface area contributed by atoms with Gasteiger partial charge in [0, 0.05) is 16.6 Å². The average molecular weight is 225 g/mol. The molecule has 2 rings (SSSR count). The lowest BCUT2D eigenvalue weighted by Gasteiger charge is -1.95. The predicted molar refractivity (Wildman–Crippen MR) is 57.5 cm³/mol. The summed E-state index contributed by atoms with van der Waals surface area (Å²) in [5, 5.41) is 0.793. The van der Waals surface area contributed by atoms with Gasteiger partial charge >= 0.3 is 0 Å². The van der Waals surface area contributed by atoms with Gasteiger partial charge in [-0.2, -0.15) is 8.42 Å². The van der Waals surface area contributed by atoms with E-state index in [1.165, 1.54) is 12.1 Å². The maximum atomic E-state index is 10.9. The fraction of sp³-hybridized carbons (Fsp3) is 0.200. The van der Waals surface area contributed by atoms with Crippen molar-refractivity contribution in [2.24, 2.45) is 0 Å². The van der Waals surface area contributed by atoms with Gasteiger partial charge in [-0.05, 0) is 30.7 Å². The highest BCUT2D eigenvalue weighted by Gasteiger charge is 2.10. The Morgan fingerprint density at radius 3 is 2.67 bits per heavy atom. The smallest absolute Gasteiger partial charge is 0.294 e. The molecule has 4 nitrogen and oxygen atoms in total. The highest BCUT2D eigenvalue weighted by Crippen LogP contribution is 2.20. The summed E-state index contributed by atoms with van der Waals surface area (Å²) < 4.78 is 30.7. The van der Waals surface area contributed by atoms with Crippen molar-refractivity contribution >= 4 is 21.0 Å². The number of aromatic amines is 1. The maximum absolute atomic E-state index is 10.9. The van der Waals surface area contributed by atoms with Crippen molar-refractivity contribution in [3.8, 4) is 0 Å². The average Bonchev–Trinajstić information content (AvgIpc) is 2.57. The van der Waals surface area contributed by atoms with Crippen molar-refractivity contribution in [2.75, 3.05) is 0 Å². The Balaban J connectivity index is 2.66. The number of aryl methyl sites for hydroxylation is 1. The van der Waals surface area contributed by atoms with Crippen molar-refractivity contribution in [2.45, 2.75) is 18.2 Å². The van der Waals surface area contributed by atoms with Crippen LogP contribution in [0.5, 0.6) is 0 Å². The van der Waals surface area contributed by atoms with E-state index in [1.807, 2.05) is 13.0 Å². The minimum absolute atomic E-state index is 0.0725. The van der Waals surface area contributed by atoms with E-state index in [1.54, 1.807) is 6.07 Å². The lowest BCUT2D eigenvalue weighted by molar-refractivity contribution is 0.483. The van der Waals surface area contributed by atoms with Crippen LogP contribution in [-0.2, 0) is 16.5 Å².